The van der Waals surface area contributed by atoms with E-state index in [9.17, 15) is 30.0 Å². The summed E-state index contributed by atoms with van der Waals surface area (Å²) in [5, 5.41) is 42.8. The Bertz CT molecular complexity index is 2130. The highest BCUT2D eigenvalue weighted by atomic mass is 16.4. The molecular weight excluding hydrogens is 656 g/mol. The van der Waals surface area contributed by atoms with Gasteiger partial charge in [0.05, 0.1) is 0 Å². The Morgan fingerprint density at radius 2 is 0.962 bits per heavy atom. The molecule has 0 bridgehead atoms. The van der Waals surface area contributed by atoms with Gasteiger partial charge in [0.1, 0.15) is 22.6 Å². The molecule has 0 aromatic heterocycles. The topological polar surface area (TPSA) is 174 Å². The molecule has 268 valence electrons. The van der Waals surface area contributed by atoms with Crippen molar-refractivity contribution in [2.24, 2.45) is 0 Å². The summed E-state index contributed by atoms with van der Waals surface area (Å²) in [5.74, 6) is -3.36. The van der Waals surface area contributed by atoms with Crippen molar-refractivity contribution in [2.75, 3.05) is 48.5 Å². The lowest BCUT2D eigenvalue weighted by atomic mass is 9.90. The van der Waals surface area contributed by atoms with E-state index in [2.05, 4.69) is 62.0 Å². The number of aromatic hydroxyl groups is 2. The summed E-state index contributed by atoms with van der Waals surface area (Å²) < 4.78 is 0. The van der Waals surface area contributed by atoms with Gasteiger partial charge in [-0.3, -0.25) is 0 Å². The Morgan fingerprint density at radius 3 is 1.31 bits per heavy atom. The van der Waals surface area contributed by atoms with Crippen molar-refractivity contribution in [3.63, 3.8) is 0 Å². The summed E-state index contributed by atoms with van der Waals surface area (Å²) in [4.78, 5) is 27.6. The number of fused-ring (bicyclic) bond motifs is 2. The van der Waals surface area contributed by atoms with Crippen LogP contribution in [0.25, 0.3) is 21.5 Å². The molecule has 6 aromatic carbocycles. The van der Waals surface area contributed by atoms with Crippen LogP contribution in [0.2, 0.25) is 0 Å². The molecule has 10 heteroatoms. The second-order valence-corrected chi connectivity index (χ2v) is 12.7. The number of hydrogen-bond acceptors (Lipinski definition) is 8. The van der Waals surface area contributed by atoms with Crippen LogP contribution in [0.5, 0.6) is 11.5 Å². The Kier molecular flexibility index (Phi) is 11.1. The lowest BCUT2D eigenvalue weighted by molar-refractivity contribution is 0.0682. The number of hydrogen-bond donors (Lipinski definition) is 6. The first-order chi connectivity index (χ1) is 24.8. The fraction of sp³-hybridized carbons (Fsp3) is 0.190. The monoisotopic (exact) mass is 700 g/mol. The molecule has 52 heavy (non-hydrogen) atoms. The van der Waals surface area contributed by atoms with Crippen molar-refractivity contribution in [3.05, 3.63) is 130 Å². The quantitative estimate of drug-likeness (QED) is 0.0776. The van der Waals surface area contributed by atoms with Crippen molar-refractivity contribution in [1.29, 1.82) is 0 Å². The van der Waals surface area contributed by atoms with Gasteiger partial charge >= 0.3 is 11.9 Å². The van der Waals surface area contributed by atoms with Gasteiger partial charge in [-0.2, -0.15) is 0 Å². The van der Waals surface area contributed by atoms with Gasteiger partial charge in [0.2, 0.25) is 0 Å². The van der Waals surface area contributed by atoms with E-state index < -0.39 is 23.4 Å². The smallest absolute Gasteiger partial charge is 0.339 e. The van der Waals surface area contributed by atoms with E-state index in [4.69, 9.17) is 11.5 Å². The summed E-state index contributed by atoms with van der Waals surface area (Å²) >= 11 is 0. The summed E-state index contributed by atoms with van der Waals surface area (Å²) in [5.41, 5.74) is 18.7. The van der Waals surface area contributed by atoms with Crippen molar-refractivity contribution in [1.82, 2.24) is 0 Å². The minimum atomic E-state index is -1.28. The molecule has 6 rings (SSSR count). The van der Waals surface area contributed by atoms with Crippen LogP contribution in [0, 0.1) is 0 Å². The van der Waals surface area contributed by atoms with Gasteiger partial charge in [0.25, 0.3) is 0 Å². The highest BCUT2D eigenvalue weighted by Crippen LogP contribution is 2.39. The summed E-state index contributed by atoms with van der Waals surface area (Å²) in [7, 11) is 4.13. The molecule has 6 aromatic rings. The summed E-state index contributed by atoms with van der Waals surface area (Å²) in [6.07, 6.45) is 0.713. The lowest BCUT2D eigenvalue weighted by Crippen LogP contribution is -2.16. The van der Waals surface area contributed by atoms with Crippen LogP contribution in [0.1, 0.15) is 56.8 Å². The number of phenols is 2. The van der Waals surface area contributed by atoms with Gasteiger partial charge in [-0.05, 0) is 82.9 Å². The Morgan fingerprint density at radius 1 is 0.577 bits per heavy atom. The van der Waals surface area contributed by atoms with Gasteiger partial charge in [0.15, 0.2) is 0 Å². The van der Waals surface area contributed by atoms with E-state index >= 15 is 0 Å². The third-order valence-electron chi connectivity index (χ3n) is 9.54. The van der Waals surface area contributed by atoms with E-state index in [0.29, 0.717) is 32.7 Å². The van der Waals surface area contributed by atoms with Gasteiger partial charge in [-0.1, -0.05) is 60.7 Å². The molecule has 0 aliphatic carbocycles. The fourth-order valence-corrected chi connectivity index (χ4v) is 6.22. The molecule has 0 saturated carbocycles. The van der Waals surface area contributed by atoms with Gasteiger partial charge in [0, 0.05) is 73.9 Å². The number of nitrogen functional groups attached to an aromatic ring is 2. The molecule has 0 fully saturated rings. The first-order valence-corrected chi connectivity index (χ1v) is 17.0. The van der Waals surface area contributed by atoms with Crippen molar-refractivity contribution in [2.45, 2.75) is 26.7 Å². The number of nitrogens with zero attached hydrogens (tertiary/aromatic N) is 2. The Labute approximate surface area is 302 Å². The Balaban J connectivity index is 0.000000207. The van der Waals surface area contributed by atoms with Crippen LogP contribution in [0.4, 0.5) is 22.7 Å². The average Bonchev–Trinajstić information content (AvgIpc) is 3.14. The second-order valence-electron chi connectivity index (χ2n) is 12.7. The van der Waals surface area contributed by atoms with Crippen molar-refractivity contribution < 1.29 is 30.0 Å². The minimum Gasteiger partial charge on any atom is -0.507 e. The van der Waals surface area contributed by atoms with E-state index in [1.807, 2.05) is 12.1 Å². The largest absolute Gasteiger partial charge is 0.507 e. The van der Waals surface area contributed by atoms with Crippen LogP contribution in [0.15, 0.2) is 97.1 Å². The first-order valence-electron chi connectivity index (χ1n) is 17.0. The molecule has 0 radical (unpaired) electrons. The number of benzene rings is 6. The predicted molar refractivity (Wildman–Crippen MR) is 210 cm³/mol. The average molecular weight is 701 g/mol. The maximum atomic E-state index is 11.6. The van der Waals surface area contributed by atoms with Gasteiger partial charge in [-0.15, -0.1) is 0 Å². The number of nitrogens with two attached hydrogens (primary N) is 2. The normalized spacial score (nSPS) is 10.8. The molecule has 0 heterocycles. The highest BCUT2D eigenvalue weighted by Gasteiger charge is 2.22. The van der Waals surface area contributed by atoms with E-state index in [0.717, 1.165) is 53.4 Å². The molecule has 0 aliphatic heterocycles. The molecule has 0 aliphatic rings. The molecule has 0 unspecified atom stereocenters. The van der Waals surface area contributed by atoms with Crippen molar-refractivity contribution in [3.8, 4) is 11.5 Å². The SMILES string of the molecule is CCN(C)c1ccc(Cc2ccc(N(C)CC)cc2N)c(N)c1.O=C(O)c1cc2ccccc2c(Cc2c(O)c(C(=O)O)cc3ccccc23)c1O. The molecule has 8 N–H and O–H groups in total. The summed E-state index contributed by atoms with van der Waals surface area (Å²) in [6, 6.07) is 29.3. The van der Waals surface area contributed by atoms with Crippen LogP contribution in [0.3, 0.4) is 0 Å². The number of rotatable bonds is 10. The zero-order chi connectivity index (χ0) is 37.7. The van der Waals surface area contributed by atoms with Gasteiger partial charge in [-0.25, -0.2) is 9.59 Å². The maximum absolute atomic E-state index is 11.6. The van der Waals surface area contributed by atoms with Crippen LogP contribution >= 0.6 is 0 Å². The zero-order valence-electron chi connectivity index (χ0n) is 29.7. The summed E-state index contributed by atoms with van der Waals surface area (Å²) in [6.45, 7) is 6.16. The maximum Gasteiger partial charge on any atom is 0.339 e. The fourth-order valence-electron chi connectivity index (χ4n) is 6.22. The molecule has 10 nitrogen and oxygen atoms in total. The lowest BCUT2D eigenvalue weighted by Gasteiger charge is -2.20. The zero-order valence-corrected chi connectivity index (χ0v) is 29.7. The molecule has 0 spiro atoms. The number of carboxylic acids is 2. The second kappa shape index (κ2) is 15.6. The van der Waals surface area contributed by atoms with Crippen LogP contribution in [-0.4, -0.2) is 59.5 Å². The number of aromatic carboxylic acids is 2. The molecule has 0 saturated heterocycles. The first kappa shape index (κ1) is 36.9. The highest BCUT2D eigenvalue weighted by molar-refractivity contribution is 6.02. The Hall–Kier alpha value is -6.42. The van der Waals surface area contributed by atoms with Crippen molar-refractivity contribution >= 4 is 56.2 Å². The number of anilines is 4. The number of carbonyl (C=O) groups is 2. The van der Waals surface area contributed by atoms with E-state index in [-0.39, 0.29) is 17.5 Å². The molecule has 0 atom stereocenters. The van der Waals surface area contributed by atoms with Crippen LogP contribution in [-0.2, 0) is 12.8 Å². The van der Waals surface area contributed by atoms with Gasteiger partial charge < -0.3 is 41.7 Å². The third-order valence-corrected chi connectivity index (χ3v) is 9.54. The number of carboxylic acid groups (broad SMARTS) is 2. The minimum absolute atomic E-state index is 0.0407. The predicted octanol–water partition coefficient (Wildman–Crippen LogP) is 7.75. The molecular formula is C42H44N4O6. The van der Waals surface area contributed by atoms with E-state index in [1.54, 1.807) is 48.5 Å². The molecule has 0 amide bonds. The standard InChI is InChI=1S/C23H16O6.C19H28N4/c24-20-16(14-7-3-1-5-12(14)9-18(20)22(26)27)11-17-15-8-4-2-6-13(15)10-19(21(17)25)23(28)29;1-5-22(3)16-9-7-14(18(20)12-16)11-15-8-10-17(13-19(15)21)23(4)6-2/h1-10,24-25H,11H2,(H,26,27)(H,28,29);7-10,12-13H,5-6,11,20-21H2,1-4H3. The van der Waals surface area contributed by atoms with Crippen LogP contribution < -0.4 is 21.3 Å². The third kappa shape index (κ3) is 7.66. The van der Waals surface area contributed by atoms with E-state index in [1.165, 1.54) is 12.1 Å².